The molecular formula is C24H26N4O2S2. The molecule has 1 aromatic carbocycles. The highest BCUT2D eigenvalue weighted by atomic mass is 32.2. The summed E-state index contributed by atoms with van der Waals surface area (Å²) < 4.78 is 1.74. The van der Waals surface area contributed by atoms with Crippen LogP contribution in [0.25, 0.3) is 10.2 Å². The monoisotopic (exact) mass is 466 g/mol. The summed E-state index contributed by atoms with van der Waals surface area (Å²) in [6.45, 7) is 6.95. The number of rotatable bonds is 6. The minimum atomic E-state index is -0.234. The number of amides is 1. The van der Waals surface area contributed by atoms with Crippen molar-refractivity contribution in [3.05, 3.63) is 50.6 Å². The Bertz CT molecular complexity index is 1270. The van der Waals surface area contributed by atoms with Gasteiger partial charge in [0.2, 0.25) is 5.91 Å². The Morgan fingerprint density at radius 1 is 1.41 bits per heavy atom. The second-order valence-electron chi connectivity index (χ2n) is 8.73. The maximum Gasteiger partial charge on any atom is 0.263 e. The molecule has 3 aromatic rings. The maximum atomic E-state index is 13.5. The number of thiophene rings is 1. The highest BCUT2D eigenvalue weighted by Crippen LogP contribution is 2.36. The Morgan fingerprint density at radius 3 is 2.94 bits per heavy atom. The van der Waals surface area contributed by atoms with Crippen LogP contribution in [-0.4, -0.2) is 21.2 Å². The number of nitrogens with one attached hydrogen (secondary N) is 1. The van der Waals surface area contributed by atoms with Crippen molar-refractivity contribution in [2.75, 3.05) is 11.1 Å². The molecule has 0 saturated carbocycles. The molecule has 0 bridgehead atoms. The van der Waals surface area contributed by atoms with Crippen LogP contribution in [-0.2, 0) is 24.2 Å². The average molecular weight is 467 g/mol. The number of para-hydroxylation sites is 1. The lowest BCUT2D eigenvalue weighted by atomic mass is 9.89. The van der Waals surface area contributed by atoms with Gasteiger partial charge in [0.15, 0.2) is 5.16 Å². The van der Waals surface area contributed by atoms with Crippen molar-refractivity contribution >= 4 is 44.9 Å². The van der Waals surface area contributed by atoms with E-state index in [1.807, 2.05) is 0 Å². The number of anilines is 1. The molecule has 1 N–H and O–H groups in total. The van der Waals surface area contributed by atoms with E-state index in [0.29, 0.717) is 28.9 Å². The number of nitriles is 1. The second kappa shape index (κ2) is 9.47. The fourth-order valence-corrected chi connectivity index (χ4v) is 6.28. The zero-order valence-electron chi connectivity index (χ0n) is 18.5. The quantitative estimate of drug-likeness (QED) is 0.415. The van der Waals surface area contributed by atoms with Crippen LogP contribution < -0.4 is 10.9 Å². The van der Waals surface area contributed by atoms with Crippen LogP contribution in [0.1, 0.15) is 43.2 Å². The van der Waals surface area contributed by atoms with Crippen molar-refractivity contribution in [1.82, 2.24) is 9.55 Å². The highest BCUT2D eigenvalue weighted by molar-refractivity contribution is 7.99. The van der Waals surface area contributed by atoms with Crippen LogP contribution in [0.2, 0.25) is 0 Å². The SMILES string of the molecule is CC(C)Cn1c(SCC(=O)Nc2ccccc2C#N)nc2sc3c(c2c1=O)CCC(C)C3. The summed E-state index contributed by atoms with van der Waals surface area (Å²) in [4.78, 5) is 33.0. The first kappa shape index (κ1) is 22.6. The molecule has 0 radical (unpaired) electrons. The molecule has 32 heavy (non-hydrogen) atoms. The predicted octanol–water partition coefficient (Wildman–Crippen LogP) is 4.84. The third-order valence-corrected chi connectivity index (χ3v) is 7.71. The van der Waals surface area contributed by atoms with Gasteiger partial charge >= 0.3 is 0 Å². The summed E-state index contributed by atoms with van der Waals surface area (Å²) in [6.07, 6.45) is 3.04. The number of hydrogen-bond acceptors (Lipinski definition) is 6. The molecule has 166 valence electrons. The lowest BCUT2D eigenvalue weighted by Crippen LogP contribution is -2.26. The van der Waals surface area contributed by atoms with Gasteiger partial charge < -0.3 is 5.32 Å². The zero-order chi connectivity index (χ0) is 22.8. The van der Waals surface area contributed by atoms with Crippen molar-refractivity contribution in [3.63, 3.8) is 0 Å². The number of thioether (sulfide) groups is 1. The first-order valence-corrected chi connectivity index (χ1v) is 12.6. The van der Waals surface area contributed by atoms with Gasteiger partial charge in [-0.3, -0.25) is 14.2 Å². The van der Waals surface area contributed by atoms with Crippen LogP contribution in [0, 0.1) is 23.2 Å². The third-order valence-electron chi connectivity index (χ3n) is 5.58. The number of aryl methyl sites for hydroxylation is 1. The van der Waals surface area contributed by atoms with Crippen LogP contribution in [0.3, 0.4) is 0 Å². The molecule has 4 rings (SSSR count). The predicted molar refractivity (Wildman–Crippen MR) is 130 cm³/mol. The molecule has 0 saturated heterocycles. The van der Waals surface area contributed by atoms with Crippen LogP contribution in [0.5, 0.6) is 0 Å². The molecule has 0 aliphatic heterocycles. The molecule has 2 heterocycles. The summed E-state index contributed by atoms with van der Waals surface area (Å²) in [6, 6.07) is 8.99. The van der Waals surface area contributed by atoms with E-state index in [1.54, 1.807) is 40.2 Å². The van der Waals surface area contributed by atoms with Gasteiger partial charge in [-0.2, -0.15) is 5.26 Å². The molecule has 2 aromatic heterocycles. The van der Waals surface area contributed by atoms with E-state index in [4.69, 9.17) is 4.98 Å². The number of carbonyl (C=O) groups excluding carboxylic acids is 1. The molecule has 6 nitrogen and oxygen atoms in total. The van der Waals surface area contributed by atoms with Gasteiger partial charge in [0, 0.05) is 11.4 Å². The van der Waals surface area contributed by atoms with Gasteiger partial charge in [-0.25, -0.2) is 4.98 Å². The van der Waals surface area contributed by atoms with Crippen molar-refractivity contribution in [1.29, 1.82) is 5.26 Å². The maximum absolute atomic E-state index is 13.5. The largest absolute Gasteiger partial charge is 0.324 e. The van der Waals surface area contributed by atoms with Crippen molar-refractivity contribution < 1.29 is 4.79 Å². The van der Waals surface area contributed by atoms with Crippen molar-refractivity contribution in [2.24, 2.45) is 11.8 Å². The standard InChI is InChI=1S/C24H26N4O2S2/c1-14(2)12-28-23(30)21-17-9-8-15(3)10-19(17)32-22(21)27-24(28)31-13-20(29)26-18-7-5-4-6-16(18)11-25/h4-7,14-15H,8-10,12-13H2,1-3H3,(H,26,29). The molecular weight excluding hydrogens is 440 g/mol. The number of nitrogens with zero attached hydrogens (tertiary/aromatic N) is 3. The number of aromatic nitrogens is 2. The molecule has 0 spiro atoms. The Kier molecular flexibility index (Phi) is 6.68. The third kappa shape index (κ3) is 4.59. The van der Waals surface area contributed by atoms with Crippen molar-refractivity contribution in [3.8, 4) is 6.07 Å². The van der Waals surface area contributed by atoms with Gasteiger partial charge in [0.05, 0.1) is 22.4 Å². The Morgan fingerprint density at radius 2 is 2.19 bits per heavy atom. The number of carbonyl (C=O) groups is 1. The Labute approximate surface area is 195 Å². The average Bonchev–Trinajstić information content (AvgIpc) is 3.12. The minimum absolute atomic E-state index is 0.00786. The first-order chi connectivity index (χ1) is 15.4. The number of hydrogen-bond donors (Lipinski definition) is 1. The lowest BCUT2D eigenvalue weighted by Gasteiger charge is -2.18. The molecule has 1 unspecified atom stereocenters. The van der Waals surface area contributed by atoms with Gasteiger partial charge in [0.1, 0.15) is 10.9 Å². The lowest BCUT2D eigenvalue weighted by molar-refractivity contribution is -0.113. The van der Waals surface area contributed by atoms with Crippen LogP contribution in [0.4, 0.5) is 5.69 Å². The molecule has 8 heteroatoms. The van der Waals surface area contributed by atoms with Gasteiger partial charge in [-0.15, -0.1) is 11.3 Å². The van der Waals surface area contributed by atoms with E-state index >= 15 is 0 Å². The minimum Gasteiger partial charge on any atom is -0.324 e. The molecule has 1 aliphatic carbocycles. The van der Waals surface area contributed by atoms with Crippen LogP contribution in [0.15, 0.2) is 34.2 Å². The smallest absolute Gasteiger partial charge is 0.263 e. The summed E-state index contributed by atoms with van der Waals surface area (Å²) in [5.41, 5.74) is 2.10. The summed E-state index contributed by atoms with van der Waals surface area (Å²) in [7, 11) is 0. The second-order valence-corrected chi connectivity index (χ2v) is 10.8. The molecule has 1 amide bonds. The number of fused-ring (bicyclic) bond motifs is 3. The van der Waals surface area contributed by atoms with E-state index in [1.165, 1.54) is 22.2 Å². The van der Waals surface area contributed by atoms with Crippen LogP contribution >= 0.6 is 23.1 Å². The van der Waals surface area contributed by atoms with Crippen molar-refractivity contribution in [2.45, 2.75) is 51.7 Å². The van der Waals surface area contributed by atoms with E-state index < -0.39 is 0 Å². The highest BCUT2D eigenvalue weighted by Gasteiger charge is 2.25. The first-order valence-electron chi connectivity index (χ1n) is 10.8. The van der Waals surface area contributed by atoms with Gasteiger partial charge in [-0.1, -0.05) is 44.7 Å². The topological polar surface area (TPSA) is 87.8 Å². The van der Waals surface area contributed by atoms with E-state index in [9.17, 15) is 14.9 Å². The van der Waals surface area contributed by atoms with E-state index in [0.717, 1.165) is 29.5 Å². The molecule has 1 aliphatic rings. The summed E-state index contributed by atoms with van der Waals surface area (Å²) in [5.74, 6) is 0.777. The fraction of sp³-hybridized carbons (Fsp3) is 0.417. The normalized spacial score (nSPS) is 15.5. The Hall–Kier alpha value is -2.63. The molecule has 0 fully saturated rings. The van der Waals surface area contributed by atoms with E-state index in [-0.39, 0.29) is 23.1 Å². The number of benzene rings is 1. The Balaban J connectivity index is 1.63. The summed E-state index contributed by atoms with van der Waals surface area (Å²) >= 11 is 2.90. The van der Waals surface area contributed by atoms with Gasteiger partial charge in [-0.05, 0) is 48.8 Å². The zero-order valence-corrected chi connectivity index (χ0v) is 20.1. The van der Waals surface area contributed by atoms with E-state index in [2.05, 4.69) is 32.2 Å². The fourth-order valence-electron chi connectivity index (χ4n) is 4.05. The molecule has 1 atom stereocenters. The van der Waals surface area contributed by atoms with Gasteiger partial charge in [0.25, 0.3) is 5.56 Å². The summed E-state index contributed by atoms with van der Waals surface area (Å²) in [5, 5.41) is 13.4.